The second kappa shape index (κ2) is 8.21. The van der Waals surface area contributed by atoms with Gasteiger partial charge in [0.25, 0.3) is 0 Å². The lowest BCUT2D eigenvalue weighted by molar-refractivity contribution is -0.131. The van der Waals surface area contributed by atoms with Crippen molar-refractivity contribution < 1.29 is 28.6 Å². The van der Waals surface area contributed by atoms with Gasteiger partial charge in [0, 0.05) is 32.0 Å². The molecule has 2 rings (SSSR count). The molecular weight excluding hydrogens is 341 g/mol. The first-order valence-corrected chi connectivity index (χ1v) is 8.49. The molecule has 0 aromatic heterocycles. The van der Waals surface area contributed by atoms with Crippen LogP contribution in [0.3, 0.4) is 0 Å². The molecule has 1 aliphatic heterocycles. The summed E-state index contributed by atoms with van der Waals surface area (Å²) >= 11 is 0. The number of carbonyl (C=O) groups excluding carboxylic acids is 1. The van der Waals surface area contributed by atoms with Crippen molar-refractivity contribution in [2.75, 3.05) is 13.1 Å². The molecule has 142 valence electrons. The molecule has 0 bridgehead atoms. The van der Waals surface area contributed by atoms with Crippen LogP contribution >= 0.6 is 0 Å². The third-order valence-corrected chi connectivity index (χ3v) is 3.76. The molecule has 1 aliphatic rings. The van der Waals surface area contributed by atoms with Crippen molar-refractivity contribution in [2.45, 2.75) is 45.3 Å². The number of rotatable bonds is 4. The summed E-state index contributed by atoms with van der Waals surface area (Å²) < 4.78 is 25.2. The van der Waals surface area contributed by atoms with Crippen LogP contribution in [0.5, 0.6) is 5.75 Å². The van der Waals surface area contributed by atoms with Gasteiger partial charge in [0.05, 0.1) is 0 Å². The van der Waals surface area contributed by atoms with Gasteiger partial charge in [-0.25, -0.2) is 14.0 Å². The number of amides is 1. The lowest BCUT2D eigenvalue weighted by atomic mass is 10.1. The Bertz CT molecular complexity index is 688. The number of carbonyl (C=O) groups is 2. The molecule has 26 heavy (non-hydrogen) atoms. The van der Waals surface area contributed by atoms with E-state index in [4.69, 9.17) is 14.6 Å². The van der Waals surface area contributed by atoms with E-state index in [9.17, 15) is 14.0 Å². The summed E-state index contributed by atoms with van der Waals surface area (Å²) in [5, 5.41) is 8.60. The maximum absolute atomic E-state index is 14.1. The van der Waals surface area contributed by atoms with Crippen LogP contribution in [0.25, 0.3) is 6.08 Å². The Hall–Kier alpha value is -2.57. The number of nitrogens with zero attached hydrogens (tertiary/aromatic N) is 1. The predicted molar refractivity (Wildman–Crippen MR) is 94.5 cm³/mol. The Morgan fingerprint density at radius 1 is 1.27 bits per heavy atom. The number of likely N-dealkylation sites (tertiary alicyclic amines) is 1. The first-order chi connectivity index (χ1) is 12.1. The van der Waals surface area contributed by atoms with Crippen molar-refractivity contribution >= 4 is 18.1 Å². The molecule has 1 aromatic carbocycles. The third-order valence-electron chi connectivity index (χ3n) is 3.76. The molecule has 0 unspecified atom stereocenters. The molecule has 1 fully saturated rings. The van der Waals surface area contributed by atoms with Gasteiger partial charge in [-0.1, -0.05) is 6.07 Å². The lowest BCUT2D eigenvalue weighted by Crippen LogP contribution is -2.44. The van der Waals surface area contributed by atoms with E-state index >= 15 is 0 Å². The van der Waals surface area contributed by atoms with Crippen LogP contribution in [0.15, 0.2) is 24.3 Å². The van der Waals surface area contributed by atoms with Crippen molar-refractivity contribution in [3.05, 3.63) is 35.7 Å². The number of hydrogen-bond donors (Lipinski definition) is 1. The topological polar surface area (TPSA) is 76.1 Å². The molecule has 0 aliphatic carbocycles. The standard InChI is InChI=1S/C19H24FNO5/c1-19(2,3)26-18(24)21-10-8-14(9-11-21)25-16-6-4-13(12-15(16)20)5-7-17(22)23/h4-7,12,14H,8-11H2,1-3H3,(H,22,23)/b7-5+. The summed E-state index contributed by atoms with van der Waals surface area (Å²) in [5.74, 6) is -1.53. The second-order valence-corrected chi connectivity index (χ2v) is 7.15. The van der Waals surface area contributed by atoms with E-state index in [2.05, 4.69) is 0 Å². The quantitative estimate of drug-likeness (QED) is 0.824. The first kappa shape index (κ1) is 19.8. The van der Waals surface area contributed by atoms with Crippen LogP contribution in [0.2, 0.25) is 0 Å². The normalized spacial score (nSPS) is 15.9. The highest BCUT2D eigenvalue weighted by Crippen LogP contribution is 2.24. The van der Waals surface area contributed by atoms with Gasteiger partial charge in [0.2, 0.25) is 0 Å². The lowest BCUT2D eigenvalue weighted by Gasteiger charge is -2.33. The van der Waals surface area contributed by atoms with Crippen molar-refractivity contribution in [2.24, 2.45) is 0 Å². The molecule has 0 saturated carbocycles. The summed E-state index contributed by atoms with van der Waals surface area (Å²) in [6.07, 6.45) is 2.88. The SMILES string of the molecule is CC(C)(C)OC(=O)N1CCC(Oc2ccc(/C=C/C(=O)O)cc2F)CC1. The summed E-state index contributed by atoms with van der Waals surface area (Å²) in [4.78, 5) is 24.2. The van der Waals surface area contributed by atoms with E-state index in [-0.39, 0.29) is 17.9 Å². The van der Waals surface area contributed by atoms with Crippen molar-refractivity contribution in [1.29, 1.82) is 0 Å². The number of hydrogen-bond acceptors (Lipinski definition) is 4. The highest BCUT2D eigenvalue weighted by atomic mass is 19.1. The number of carboxylic acid groups (broad SMARTS) is 1. The maximum atomic E-state index is 14.1. The zero-order valence-corrected chi connectivity index (χ0v) is 15.2. The molecule has 1 heterocycles. The fraction of sp³-hybridized carbons (Fsp3) is 0.474. The molecule has 6 nitrogen and oxygen atoms in total. The summed E-state index contributed by atoms with van der Waals surface area (Å²) in [6.45, 7) is 6.43. The van der Waals surface area contributed by atoms with E-state index in [1.165, 1.54) is 18.2 Å². The zero-order valence-electron chi connectivity index (χ0n) is 15.2. The van der Waals surface area contributed by atoms with Crippen LogP contribution in [0.1, 0.15) is 39.2 Å². The average Bonchev–Trinajstić information content (AvgIpc) is 2.54. The molecule has 1 amide bonds. The Morgan fingerprint density at radius 2 is 1.92 bits per heavy atom. The van der Waals surface area contributed by atoms with Gasteiger partial charge in [0.15, 0.2) is 11.6 Å². The molecule has 1 N–H and O–H groups in total. The van der Waals surface area contributed by atoms with Gasteiger partial charge in [-0.15, -0.1) is 0 Å². The van der Waals surface area contributed by atoms with Crippen molar-refractivity contribution in [3.63, 3.8) is 0 Å². The first-order valence-electron chi connectivity index (χ1n) is 8.49. The summed E-state index contributed by atoms with van der Waals surface area (Å²) in [7, 11) is 0. The van der Waals surface area contributed by atoms with Crippen LogP contribution in [0, 0.1) is 5.82 Å². The highest BCUT2D eigenvalue weighted by molar-refractivity contribution is 5.85. The maximum Gasteiger partial charge on any atom is 0.410 e. The number of benzene rings is 1. The third kappa shape index (κ3) is 6.06. The van der Waals surface area contributed by atoms with E-state index in [1.54, 1.807) is 11.0 Å². The van der Waals surface area contributed by atoms with Crippen LogP contribution in [-0.4, -0.2) is 46.9 Å². The number of carboxylic acids is 1. The minimum Gasteiger partial charge on any atom is -0.487 e. The number of piperidine rings is 1. The predicted octanol–water partition coefficient (Wildman–Crippen LogP) is 3.70. The minimum atomic E-state index is -1.09. The summed E-state index contributed by atoms with van der Waals surface area (Å²) in [5.41, 5.74) is -0.0956. The molecule has 1 aromatic rings. The number of aliphatic carboxylic acids is 1. The Kier molecular flexibility index (Phi) is 6.23. The zero-order chi connectivity index (χ0) is 19.3. The van der Waals surface area contributed by atoms with Crippen LogP contribution in [0.4, 0.5) is 9.18 Å². The van der Waals surface area contributed by atoms with Gasteiger partial charge in [-0.2, -0.15) is 0 Å². The number of ether oxygens (including phenoxy) is 2. The minimum absolute atomic E-state index is 0.119. The Morgan fingerprint density at radius 3 is 2.46 bits per heavy atom. The molecule has 1 saturated heterocycles. The van der Waals surface area contributed by atoms with E-state index in [1.807, 2.05) is 20.8 Å². The van der Waals surface area contributed by atoms with E-state index in [0.717, 1.165) is 6.08 Å². The molecule has 7 heteroatoms. The Balaban J connectivity index is 1.89. The summed E-state index contributed by atoms with van der Waals surface area (Å²) in [6, 6.07) is 4.30. The largest absolute Gasteiger partial charge is 0.487 e. The molecule has 0 atom stereocenters. The van der Waals surface area contributed by atoms with Crippen molar-refractivity contribution in [1.82, 2.24) is 4.90 Å². The van der Waals surface area contributed by atoms with Crippen LogP contribution < -0.4 is 4.74 Å². The van der Waals surface area contributed by atoms with Crippen LogP contribution in [-0.2, 0) is 9.53 Å². The van der Waals surface area contributed by atoms with E-state index in [0.29, 0.717) is 31.5 Å². The van der Waals surface area contributed by atoms with Gasteiger partial charge >= 0.3 is 12.1 Å². The fourth-order valence-electron chi connectivity index (χ4n) is 2.55. The van der Waals surface area contributed by atoms with Gasteiger partial charge in [-0.05, 0) is 44.5 Å². The van der Waals surface area contributed by atoms with Crippen molar-refractivity contribution in [3.8, 4) is 5.75 Å². The van der Waals surface area contributed by atoms with Gasteiger partial charge < -0.3 is 19.5 Å². The Labute approximate surface area is 152 Å². The number of halogens is 1. The monoisotopic (exact) mass is 365 g/mol. The smallest absolute Gasteiger partial charge is 0.410 e. The molecule has 0 spiro atoms. The van der Waals surface area contributed by atoms with Gasteiger partial charge in [0.1, 0.15) is 11.7 Å². The van der Waals surface area contributed by atoms with E-state index < -0.39 is 17.4 Å². The molecular formula is C19H24FNO5. The second-order valence-electron chi connectivity index (χ2n) is 7.15. The highest BCUT2D eigenvalue weighted by Gasteiger charge is 2.28. The average molecular weight is 365 g/mol. The van der Waals surface area contributed by atoms with Gasteiger partial charge in [-0.3, -0.25) is 0 Å². The fourth-order valence-corrected chi connectivity index (χ4v) is 2.55. The molecule has 0 radical (unpaired) electrons.